The summed E-state index contributed by atoms with van der Waals surface area (Å²) in [7, 11) is 0. The van der Waals surface area contributed by atoms with Crippen molar-refractivity contribution in [3.05, 3.63) is 41.2 Å². The normalized spacial score (nSPS) is 14.2. The second-order valence-electron chi connectivity index (χ2n) is 5.69. The summed E-state index contributed by atoms with van der Waals surface area (Å²) >= 11 is 0. The monoisotopic (exact) mass is 299 g/mol. The smallest absolute Gasteiger partial charge is 0.252 e. The third kappa shape index (κ3) is 3.32. The number of carbonyl (C=O) groups is 1. The Bertz CT molecular complexity index is 647. The molecule has 0 aliphatic carbocycles. The molecular formula is C16H21N5O. The number of amides is 1. The molecule has 1 aliphatic heterocycles. The largest absolute Gasteiger partial charge is 0.352 e. The van der Waals surface area contributed by atoms with Crippen LogP contribution in [0.2, 0.25) is 0 Å². The van der Waals surface area contributed by atoms with E-state index >= 15 is 0 Å². The number of hydrogen-bond acceptors (Lipinski definition) is 4. The first-order chi connectivity index (χ1) is 10.7. The molecule has 0 radical (unpaired) electrons. The number of pyridine rings is 1. The third-order valence-electron chi connectivity index (χ3n) is 3.99. The van der Waals surface area contributed by atoms with Gasteiger partial charge in [0.25, 0.3) is 5.91 Å². The summed E-state index contributed by atoms with van der Waals surface area (Å²) in [6, 6.07) is 3.63. The van der Waals surface area contributed by atoms with Crippen LogP contribution in [0.15, 0.2) is 18.3 Å². The van der Waals surface area contributed by atoms with Gasteiger partial charge in [0, 0.05) is 37.8 Å². The van der Waals surface area contributed by atoms with Crippen LogP contribution in [-0.2, 0) is 19.4 Å². The van der Waals surface area contributed by atoms with Crippen molar-refractivity contribution in [1.29, 1.82) is 0 Å². The van der Waals surface area contributed by atoms with Gasteiger partial charge in [-0.05, 0) is 31.9 Å². The van der Waals surface area contributed by atoms with Gasteiger partial charge < -0.3 is 9.88 Å². The van der Waals surface area contributed by atoms with Gasteiger partial charge in [-0.2, -0.15) is 0 Å². The van der Waals surface area contributed by atoms with Crippen molar-refractivity contribution in [3.63, 3.8) is 0 Å². The summed E-state index contributed by atoms with van der Waals surface area (Å²) in [4.78, 5) is 16.2. The molecule has 1 amide bonds. The number of nitrogens with one attached hydrogen (secondary N) is 1. The molecule has 6 heteroatoms. The van der Waals surface area contributed by atoms with E-state index in [4.69, 9.17) is 0 Å². The van der Waals surface area contributed by atoms with E-state index in [1.54, 1.807) is 12.3 Å². The number of rotatable bonds is 4. The molecule has 0 atom stereocenters. The second kappa shape index (κ2) is 6.68. The molecule has 0 unspecified atom stereocenters. The summed E-state index contributed by atoms with van der Waals surface area (Å²) in [5.74, 6) is 1.96. The molecule has 0 saturated heterocycles. The van der Waals surface area contributed by atoms with E-state index in [0.717, 1.165) is 30.3 Å². The minimum absolute atomic E-state index is 0.0943. The predicted molar refractivity (Wildman–Crippen MR) is 82.6 cm³/mol. The zero-order valence-corrected chi connectivity index (χ0v) is 12.9. The number of carbonyl (C=O) groups excluding carboxylic acids is 1. The summed E-state index contributed by atoms with van der Waals surface area (Å²) in [6.45, 7) is 3.46. The molecule has 0 spiro atoms. The lowest BCUT2D eigenvalue weighted by Crippen LogP contribution is -2.26. The average molecular weight is 299 g/mol. The Morgan fingerprint density at radius 2 is 2.18 bits per heavy atom. The fourth-order valence-electron chi connectivity index (χ4n) is 2.72. The topological polar surface area (TPSA) is 72.7 Å². The zero-order valence-electron chi connectivity index (χ0n) is 12.9. The molecule has 3 rings (SSSR count). The Morgan fingerprint density at radius 3 is 3.00 bits per heavy atom. The average Bonchev–Trinajstić information content (AvgIpc) is 2.76. The number of hydrogen-bond donors (Lipinski definition) is 1. The molecule has 22 heavy (non-hydrogen) atoms. The van der Waals surface area contributed by atoms with Crippen molar-refractivity contribution >= 4 is 5.91 Å². The molecular weight excluding hydrogens is 278 g/mol. The van der Waals surface area contributed by atoms with Crippen LogP contribution in [0.3, 0.4) is 0 Å². The van der Waals surface area contributed by atoms with Gasteiger partial charge in [0.05, 0.1) is 5.56 Å². The Hall–Kier alpha value is -2.24. The van der Waals surface area contributed by atoms with E-state index in [2.05, 4.69) is 25.1 Å². The van der Waals surface area contributed by atoms with Crippen molar-refractivity contribution in [1.82, 2.24) is 25.1 Å². The number of aryl methyl sites for hydroxylation is 2. The minimum atomic E-state index is -0.0943. The molecule has 1 aliphatic rings. The highest BCUT2D eigenvalue weighted by Gasteiger charge is 2.14. The number of nitrogens with zero attached hydrogens (tertiary/aromatic N) is 4. The number of aromatic nitrogens is 4. The van der Waals surface area contributed by atoms with Gasteiger partial charge in [-0.15, -0.1) is 10.2 Å². The molecule has 2 aromatic heterocycles. The lowest BCUT2D eigenvalue weighted by Gasteiger charge is -2.08. The van der Waals surface area contributed by atoms with Crippen LogP contribution in [0.5, 0.6) is 0 Å². The lowest BCUT2D eigenvalue weighted by atomic mass is 10.2. The lowest BCUT2D eigenvalue weighted by molar-refractivity contribution is 0.0953. The Morgan fingerprint density at radius 1 is 1.27 bits per heavy atom. The highest BCUT2D eigenvalue weighted by atomic mass is 16.1. The molecule has 0 bridgehead atoms. The Kier molecular flexibility index (Phi) is 4.46. The molecule has 1 N–H and O–H groups in total. The van der Waals surface area contributed by atoms with E-state index in [1.807, 2.05) is 13.0 Å². The van der Waals surface area contributed by atoms with Gasteiger partial charge in [-0.25, -0.2) is 0 Å². The maximum absolute atomic E-state index is 12.0. The van der Waals surface area contributed by atoms with E-state index in [9.17, 15) is 4.79 Å². The maximum atomic E-state index is 12.0. The molecule has 0 fully saturated rings. The third-order valence-corrected chi connectivity index (χ3v) is 3.99. The van der Waals surface area contributed by atoms with Crippen LogP contribution in [0.25, 0.3) is 0 Å². The molecule has 2 aromatic rings. The standard InChI is InChI=1S/C16H21N5O/c1-12-6-7-13(11-18-12)16(22)17-9-8-15-20-19-14-5-3-2-4-10-21(14)15/h6-7,11H,2-5,8-10H2,1H3,(H,17,22). The van der Waals surface area contributed by atoms with E-state index < -0.39 is 0 Å². The van der Waals surface area contributed by atoms with Crippen molar-refractivity contribution in [3.8, 4) is 0 Å². The van der Waals surface area contributed by atoms with Crippen LogP contribution in [0, 0.1) is 6.92 Å². The summed E-state index contributed by atoms with van der Waals surface area (Å²) in [6.07, 6.45) is 6.94. The first-order valence-corrected chi connectivity index (χ1v) is 7.86. The highest BCUT2D eigenvalue weighted by Crippen LogP contribution is 2.14. The molecule has 116 valence electrons. The SMILES string of the molecule is Cc1ccc(C(=O)NCCc2nnc3n2CCCCC3)cn1. The Balaban J connectivity index is 1.56. The van der Waals surface area contributed by atoms with Gasteiger partial charge in [-0.1, -0.05) is 6.42 Å². The van der Waals surface area contributed by atoms with Crippen LogP contribution < -0.4 is 5.32 Å². The van der Waals surface area contributed by atoms with Crippen molar-refractivity contribution in [2.24, 2.45) is 0 Å². The van der Waals surface area contributed by atoms with E-state index in [1.165, 1.54) is 19.3 Å². The summed E-state index contributed by atoms with van der Waals surface area (Å²) in [5, 5.41) is 11.5. The quantitative estimate of drug-likeness (QED) is 0.932. The zero-order chi connectivity index (χ0) is 15.4. The van der Waals surface area contributed by atoms with Crippen molar-refractivity contribution < 1.29 is 4.79 Å². The molecule has 0 saturated carbocycles. The highest BCUT2D eigenvalue weighted by molar-refractivity contribution is 5.93. The molecule has 0 aromatic carbocycles. The fourth-order valence-corrected chi connectivity index (χ4v) is 2.72. The fraction of sp³-hybridized carbons (Fsp3) is 0.500. The van der Waals surface area contributed by atoms with Crippen LogP contribution in [0.1, 0.15) is 47.0 Å². The van der Waals surface area contributed by atoms with Gasteiger partial charge in [0.2, 0.25) is 0 Å². The molecule has 3 heterocycles. The first-order valence-electron chi connectivity index (χ1n) is 7.86. The van der Waals surface area contributed by atoms with E-state index in [-0.39, 0.29) is 5.91 Å². The van der Waals surface area contributed by atoms with Gasteiger partial charge >= 0.3 is 0 Å². The van der Waals surface area contributed by atoms with Gasteiger partial charge in [0.15, 0.2) is 0 Å². The van der Waals surface area contributed by atoms with Crippen molar-refractivity contribution in [2.45, 2.75) is 45.6 Å². The van der Waals surface area contributed by atoms with Crippen LogP contribution in [0.4, 0.5) is 0 Å². The first kappa shape index (κ1) is 14.7. The van der Waals surface area contributed by atoms with E-state index in [0.29, 0.717) is 18.5 Å². The summed E-state index contributed by atoms with van der Waals surface area (Å²) < 4.78 is 2.21. The predicted octanol–water partition coefficient (Wildman–Crippen LogP) is 1.68. The molecule has 6 nitrogen and oxygen atoms in total. The Labute approximate surface area is 130 Å². The number of fused-ring (bicyclic) bond motifs is 1. The second-order valence-corrected chi connectivity index (χ2v) is 5.69. The van der Waals surface area contributed by atoms with Gasteiger partial charge in [-0.3, -0.25) is 9.78 Å². The summed E-state index contributed by atoms with van der Waals surface area (Å²) in [5.41, 5.74) is 1.49. The van der Waals surface area contributed by atoms with Gasteiger partial charge in [0.1, 0.15) is 11.6 Å². The minimum Gasteiger partial charge on any atom is -0.352 e. The van der Waals surface area contributed by atoms with Crippen molar-refractivity contribution in [2.75, 3.05) is 6.54 Å². The van der Waals surface area contributed by atoms with Crippen LogP contribution >= 0.6 is 0 Å². The maximum Gasteiger partial charge on any atom is 0.252 e. The van der Waals surface area contributed by atoms with Crippen LogP contribution in [-0.4, -0.2) is 32.2 Å².